The number of rotatable bonds is 3. The molecule has 0 atom stereocenters. The van der Waals surface area contributed by atoms with Crippen molar-refractivity contribution < 1.29 is 5.21 Å². The number of aromatic nitrogens is 1. The van der Waals surface area contributed by atoms with Crippen molar-refractivity contribution in [1.82, 2.24) is 9.88 Å². The Balaban J connectivity index is 1.93. The second kappa shape index (κ2) is 6.01. The van der Waals surface area contributed by atoms with Crippen molar-refractivity contribution >= 4 is 27.6 Å². The third kappa shape index (κ3) is 3.11. The summed E-state index contributed by atoms with van der Waals surface area (Å²) in [7, 11) is 0. The zero-order valence-electron chi connectivity index (χ0n) is 9.96. The van der Waals surface area contributed by atoms with E-state index in [2.05, 4.69) is 35.9 Å². The van der Waals surface area contributed by atoms with Gasteiger partial charge in [0, 0.05) is 32.4 Å². The number of anilines is 1. The molecule has 0 unspecified atom stereocenters. The lowest BCUT2D eigenvalue weighted by molar-refractivity contribution is 0.278. The molecule has 0 bridgehead atoms. The second-order valence-corrected chi connectivity index (χ2v) is 5.02. The Morgan fingerprint density at radius 3 is 2.78 bits per heavy atom. The molecule has 0 aliphatic carbocycles. The summed E-state index contributed by atoms with van der Waals surface area (Å²) in [6, 6.07) is 3.90. The van der Waals surface area contributed by atoms with Crippen molar-refractivity contribution in [2.75, 3.05) is 37.6 Å². The van der Waals surface area contributed by atoms with Gasteiger partial charge in [0.15, 0.2) is 5.84 Å². The minimum atomic E-state index is 0.252. The molecule has 98 valence electrons. The number of nitrogens with two attached hydrogens (primary N) is 1. The molecule has 0 radical (unpaired) electrons. The van der Waals surface area contributed by atoms with E-state index in [0.717, 1.165) is 36.5 Å². The summed E-state index contributed by atoms with van der Waals surface area (Å²) in [5.74, 6) is 1.23. The van der Waals surface area contributed by atoms with E-state index < -0.39 is 0 Å². The summed E-state index contributed by atoms with van der Waals surface area (Å²) in [4.78, 5) is 8.76. The quantitative estimate of drug-likeness (QED) is 0.372. The van der Waals surface area contributed by atoms with Crippen LogP contribution in [-0.2, 0) is 0 Å². The molecule has 0 spiro atoms. The van der Waals surface area contributed by atoms with E-state index in [1.165, 1.54) is 0 Å². The summed E-state index contributed by atoms with van der Waals surface area (Å²) in [6.45, 7) is 4.02. The molecular weight excluding hydrogens is 298 g/mol. The van der Waals surface area contributed by atoms with Gasteiger partial charge in [0.05, 0.1) is 11.0 Å². The molecule has 1 aliphatic heterocycles. The summed E-state index contributed by atoms with van der Waals surface area (Å²) in [5, 5.41) is 11.5. The van der Waals surface area contributed by atoms with Crippen LogP contribution in [0.2, 0.25) is 0 Å². The van der Waals surface area contributed by atoms with Crippen LogP contribution in [0.25, 0.3) is 0 Å². The molecule has 1 aliphatic rings. The van der Waals surface area contributed by atoms with Crippen LogP contribution in [0, 0.1) is 0 Å². The highest BCUT2D eigenvalue weighted by molar-refractivity contribution is 9.10. The fourth-order valence-electron chi connectivity index (χ4n) is 1.99. The molecule has 0 saturated carbocycles. The first-order valence-corrected chi connectivity index (χ1v) is 6.54. The van der Waals surface area contributed by atoms with Crippen LogP contribution in [0.5, 0.6) is 0 Å². The van der Waals surface area contributed by atoms with Gasteiger partial charge >= 0.3 is 0 Å². The normalized spacial score (nSPS) is 18.1. The molecule has 1 aromatic heterocycles. The first kappa shape index (κ1) is 13.1. The first-order valence-electron chi connectivity index (χ1n) is 5.75. The van der Waals surface area contributed by atoms with Crippen molar-refractivity contribution in [3.8, 4) is 0 Å². The van der Waals surface area contributed by atoms with Gasteiger partial charge in [-0.3, -0.25) is 4.90 Å². The van der Waals surface area contributed by atoms with Gasteiger partial charge in [0.2, 0.25) is 0 Å². The third-order valence-electron chi connectivity index (χ3n) is 2.92. The highest BCUT2D eigenvalue weighted by atomic mass is 79.9. The third-order valence-corrected chi connectivity index (χ3v) is 3.54. The van der Waals surface area contributed by atoms with Crippen molar-refractivity contribution in [2.45, 2.75) is 0 Å². The first-order chi connectivity index (χ1) is 8.70. The Morgan fingerprint density at radius 1 is 1.44 bits per heavy atom. The van der Waals surface area contributed by atoms with Crippen LogP contribution < -0.4 is 10.6 Å². The molecular formula is C11H16BrN5O. The molecule has 1 saturated heterocycles. The Morgan fingerprint density at radius 2 is 2.17 bits per heavy atom. The summed E-state index contributed by atoms with van der Waals surface area (Å²) < 4.78 is 1.01. The lowest BCUT2D eigenvalue weighted by Crippen LogP contribution is -2.49. The molecule has 18 heavy (non-hydrogen) atoms. The van der Waals surface area contributed by atoms with Crippen LogP contribution in [-0.4, -0.2) is 53.7 Å². The smallest absolute Gasteiger partial charge is 0.153 e. The van der Waals surface area contributed by atoms with E-state index in [4.69, 9.17) is 10.9 Å². The predicted molar refractivity (Wildman–Crippen MR) is 74.0 cm³/mol. The lowest BCUT2D eigenvalue weighted by Gasteiger charge is -2.35. The van der Waals surface area contributed by atoms with Gasteiger partial charge in [0.25, 0.3) is 0 Å². The number of halogens is 1. The molecule has 7 heteroatoms. The topological polar surface area (TPSA) is 78.0 Å². The zero-order chi connectivity index (χ0) is 13.0. The van der Waals surface area contributed by atoms with Crippen LogP contribution in [0.15, 0.2) is 28.0 Å². The van der Waals surface area contributed by atoms with Gasteiger partial charge in [-0.25, -0.2) is 4.98 Å². The van der Waals surface area contributed by atoms with Crippen LogP contribution >= 0.6 is 15.9 Å². The van der Waals surface area contributed by atoms with E-state index in [1.54, 1.807) is 6.20 Å². The average Bonchev–Trinajstić information content (AvgIpc) is 2.40. The standard InChI is InChI=1S/C11H16BrN5O/c12-9-2-1-3-14-11(9)17-6-4-16(5-7-17)8-10(13)15-18/h1-3,18H,4-8H2,(H2,13,15). The Bertz CT molecular complexity index is 431. The Kier molecular flexibility index (Phi) is 4.38. The minimum absolute atomic E-state index is 0.252. The highest BCUT2D eigenvalue weighted by Crippen LogP contribution is 2.23. The second-order valence-electron chi connectivity index (χ2n) is 4.16. The fourth-order valence-corrected chi connectivity index (χ4v) is 2.49. The number of amidine groups is 1. The van der Waals surface area contributed by atoms with Crippen LogP contribution in [0.3, 0.4) is 0 Å². The van der Waals surface area contributed by atoms with Gasteiger partial charge < -0.3 is 15.8 Å². The van der Waals surface area contributed by atoms with E-state index >= 15 is 0 Å². The number of hydrogen-bond donors (Lipinski definition) is 2. The molecule has 1 fully saturated rings. The van der Waals surface area contributed by atoms with Gasteiger partial charge in [0.1, 0.15) is 5.82 Å². The molecule has 1 aromatic rings. The SMILES string of the molecule is NC(CN1CCN(c2ncccc2Br)CC1)=NO. The fraction of sp³-hybridized carbons (Fsp3) is 0.455. The maximum atomic E-state index is 8.54. The van der Waals surface area contributed by atoms with Gasteiger partial charge in [-0.05, 0) is 28.1 Å². The maximum absolute atomic E-state index is 8.54. The number of hydrogen-bond acceptors (Lipinski definition) is 5. The van der Waals surface area contributed by atoms with Crippen molar-refractivity contribution in [2.24, 2.45) is 10.9 Å². The molecule has 2 heterocycles. The van der Waals surface area contributed by atoms with Crippen molar-refractivity contribution in [1.29, 1.82) is 0 Å². The molecule has 0 amide bonds. The molecule has 0 aromatic carbocycles. The predicted octanol–water partition coefficient (Wildman–Crippen LogP) is 0.713. The summed E-state index contributed by atoms with van der Waals surface area (Å²) in [5.41, 5.74) is 5.50. The van der Waals surface area contributed by atoms with E-state index in [0.29, 0.717) is 6.54 Å². The molecule has 2 rings (SSSR count). The number of nitrogens with zero attached hydrogens (tertiary/aromatic N) is 4. The Labute approximate surface area is 114 Å². The molecule has 6 nitrogen and oxygen atoms in total. The van der Waals surface area contributed by atoms with E-state index in [1.807, 2.05) is 12.1 Å². The van der Waals surface area contributed by atoms with Crippen LogP contribution in [0.1, 0.15) is 0 Å². The molecule has 3 N–H and O–H groups in total. The number of pyridine rings is 1. The maximum Gasteiger partial charge on any atom is 0.153 e. The zero-order valence-corrected chi connectivity index (χ0v) is 11.5. The van der Waals surface area contributed by atoms with Gasteiger partial charge in [-0.2, -0.15) is 0 Å². The summed E-state index contributed by atoms with van der Waals surface area (Å²) in [6.07, 6.45) is 1.79. The van der Waals surface area contributed by atoms with Gasteiger partial charge in [-0.1, -0.05) is 5.16 Å². The van der Waals surface area contributed by atoms with Crippen LogP contribution in [0.4, 0.5) is 5.82 Å². The highest BCUT2D eigenvalue weighted by Gasteiger charge is 2.19. The number of oxime groups is 1. The largest absolute Gasteiger partial charge is 0.409 e. The Hall–Kier alpha value is -1.34. The average molecular weight is 314 g/mol. The van der Waals surface area contributed by atoms with E-state index in [9.17, 15) is 0 Å². The summed E-state index contributed by atoms with van der Waals surface area (Å²) >= 11 is 3.51. The number of piperazine rings is 1. The van der Waals surface area contributed by atoms with E-state index in [-0.39, 0.29) is 5.84 Å². The van der Waals surface area contributed by atoms with Gasteiger partial charge in [-0.15, -0.1) is 0 Å². The lowest BCUT2D eigenvalue weighted by atomic mass is 10.3. The monoisotopic (exact) mass is 313 g/mol. The van der Waals surface area contributed by atoms with Crippen molar-refractivity contribution in [3.05, 3.63) is 22.8 Å². The minimum Gasteiger partial charge on any atom is -0.409 e. The van der Waals surface area contributed by atoms with Crippen molar-refractivity contribution in [3.63, 3.8) is 0 Å².